The number of ether oxygens (including phenoxy) is 4. The lowest BCUT2D eigenvalue weighted by Crippen LogP contribution is -2.59. The van der Waals surface area contributed by atoms with Gasteiger partial charge in [0.15, 0.2) is 6.29 Å². The van der Waals surface area contributed by atoms with Gasteiger partial charge >= 0.3 is 5.97 Å². The summed E-state index contributed by atoms with van der Waals surface area (Å²) in [6.45, 7) is 4.59. The Balaban J connectivity index is 2.26. The Morgan fingerprint density at radius 1 is 0.549 bits per heavy atom. The quantitative estimate of drug-likeness (QED) is 0.0365. The van der Waals surface area contributed by atoms with Gasteiger partial charge in [-0.3, -0.25) is 4.79 Å². The van der Waals surface area contributed by atoms with Crippen LogP contribution in [0, 0.1) is 0 Å². The van der Waals surface area contributed by atoms with Gasteiger partial charge in [-0.1, -0.05) is 181 Å². The summed E-state index contributed by atoms with van der Waals surface area (Å²) < 4.78 is 22.8. The minimum atomic E-state index is -1.53. The molecule has 0 aliphatic carbocycles. The number of esters is 1. The molecule has 1 heterocycles. The fraction of sp³-hybridized carbons (Fsp3) is 0.976. The summed E-state index contributed by atoms with van der Waals surface area (Å²) in [5.74, 6) is -0.310. The van der Waals surface area contributed by atoms with Crippen LogP contribution in [-0.2, 0) is 23.7 Å². The summed E-state index contributed by atoms with van der Waals surface area (Å²) in [6.07, 6.45) is 28.4. The van der Waals surface area contributed by atoms with E-state index < -0.39 is 43.4 Å². The van der Waals surface area contributed by atoms with Crippen molar-refractivity contribution < 1.29 is 44.2 Å². The highest BCUT2D eigenvalue weighted by atomic mass is 16.7. The van der Waals surface area contributed by atoms with Crippen molar-refractivity contribution in [3.05, 3.63) is 0 Å². The van der Waals surface area contributed by atoms with E-state index in [0.29, 0.717) is 13.0 Å². The van der Waals surface area contributed by atoms with Crippen molar-refractivity contribution in [3.8, 4) is 0 Å². The molecule has 0 saturated carbocycles. The second-order valence-electron chi connectivity index (χ2n) is 15.2. The molecule has 0 amide bonds. The average Bonchev–Trinajstić information content (AvgIpc) is 3.13. The Labute approximate surface area is 312 Å². The van der Waals surface area contributed by atoms with Gasteiger partial charge in [-0.2, -0.15) is 0 Å². The van der Waals surface area contributed by atoms with E-state index in [1.54, 1.807) is 0 Å². The average molecular weight is 731 g/mol. The lowest BCUT2D eigenvalue weighted by molar-refractivity contribution is -0.305. The van der Waals surface area contributed by atoms with Gasteiger partial charge < -0.3 is 39.4 Å². The first-order chi connectivity index (χ1) is 24.9. The Bertz CT molecular complexity index is 752. The lowest BCUT2D eigenvalue weighted by atomic mass is 9.99. The van der Waals surface area contributed by atoms with E-state index in [0.717, 1.165) is 32.1 Å². The van der Waals surface area contributed by atoms with Crippen LogP contribution in [0.1, 0.15) is 200 Å². The van der Waals surface area contributed by atoms with Crippen LogP contribution >= 0.6 is 0 Å². The zero-order chi connectivity index (χ0) is 37.2. The van der Waals surface area contributed by atoms with Crippen LogP contribution in [0.4, 0.5) is 0 Å². The third kappa shape index (κ3) is 26.6. The van der Waals surface area contributed by atoms with Crippen molar-refractivity contribution in [1.29, 1.82) is 0 Å². The normalized spacial score (nSPS) is 21.3. The number of aliphatic hydroxyl groups excluding tert-OH is 4. The van der Waals surface area contributed by atoms with Crippen molar-refractivity contribution in [2.75, 3.05) is 26.4 Å². The minimum Gasteiger partial charge on any atom is -0.457 e. The molecule has 1 aliphatic rings. The Kier molecular flexibility index (Phi) is 33.0. The number of unbranched alkanes of at least 4 members (excludes halogenated alkanes) is 26. The van der Waals surface area contributed by atoms with Crippen LogP contribution in [0.3, 0.4) is 0 Å². The molecule has 9 nitrogen and oxygen atoms in total. The standard InChI is InChI=1S/C42H82O9/c1-3-5-7-9-11-13-15-17-18-19-20-22-24-26-28-30-32-48-34-36(35-49-42-41(47)40(46)39(45)37(33-43)51-42)50-38(44)31-29-27-25-23-21-16-14-12-10-8-6-4-2/h36-37,39-43,45-47H,3-35H2,1-2H3. The second kappa shape index (κ2) is 34.9. The van der Waals surface area contributed by atoms with Gasteiger partial charge in [-0.05, 0) is 12.8 Å². The number of hydrogen-bond acceptors (Lipinski definition) is 9. The largest absolute Gasteiger partial charge is 0.457 e. The lowest BCUT2D eigenvalue weighted by Gasteiger charge is -2.39. The fourth-order valence-electron chi connectivity index (χ4n) is 6.85. The SMILES string of the molecule is CCCCCCCCCCCCCCCCCCOCC(COC1OC(CO)C(O)C(O)C1O)OC(=O)CCCCCCCCCCCCCC. The number of aliphatic hydroxyl groups is 4. The molecule has 9 heteroatoms. The van der Waals surface area contributed by atoms with E-state index in [1.807, 2.05) is 0 Å². The number of carbonyl (C=O) groups is 1. The summed E-state index contributed by atoms with van der Waals surface area (Å²) in [5.41, 5.74) is 0. The Morgan fingerprint density at radius 2 is 0.961 bits per heavy atom. The highest BCUT2D eigenvalue weighted by Gasteiger charge is 2.44. The topological polar surface area (TPSA) is 135 Å². The minimum absolute atomic E-state index is 0.105. The maximum Gasteiger partial charge on any atom is 0.306 e. The van der Waals surface area contributed by atoms with Crippen molar-refractivity contribution >= 4 is 5.97 Å². The first-order valence-corrected chi connectivity index (χ1v) is 21.6. The number of rotatable bonds is 37. The third-order valence-electron chi connectivity index (χ3n) is 10.3. The summed E-state index contributed by atoms with van der Waals surface area (Å²) in [5, 5.41) is 40.0. The molecule has 6 atom stereocenters. The van der Waals surface area contributed by atoms with Crippen LogP contribution in [0.25, 0.3) is 0 Å². The Hall–Kier alpha value is -0.810. The van der Waals surface area contributed by atoms with Crippen molar-refractivity contribution in [2.45, 2.75) is 237 Å². The summed E-state index contributed by atoms with van der Waals surface area (Å²) >= 11 is 0. The third-order valence-corrected chi connectivity index (χ3v) is 10.3. The van der Waals surface area contributed by atoms with Gasteiger partial charge in [0.25, 0.3) is 0 Å². The van der Waals surface area contributed by atoms with Crippen LogP contribution in [0.15, 0.2) is 0 Å². The second-order valence-corrected chi connectivity index (χ2v) is 15.2. The molecule has 6 unspecified atom stereocenters. The first-order valence-electron chi connectivity index (χ1n) is 21.6. The van der Waals surface area contributed by atoms with Gasteiger partial charge in [0.1, 0.15) is 30.5 Å². The van der Waals surface area contributed by atoms with E-state index in [9.17, 15) is 25.2 Å². The monoisotopic (exact) mass is 731 g/mol. The highest BCUT2D eigenvalue weighted by molar-refractivity contribution is 5.69. The maximum absolute atomic E-state index is 12.7. The van der Waals surface area contributed by atoms with Gasteiger partial charge in [-0.25, -0.2) is 0 Å². The maximum atomic E-state index is 12.7. The van der Waals surface area contributed by atoms with E-state index >= 15 is 0 Å². The smallest absolute Gasteiger partial charge is 0.306 e. The summed E-state index contributed by atoms with van der Waals surface area (Å²) in [7, 11) is 0. The molecule has 4 N–H and O–H groups in total. The van der Waals surface area contributed by atoms with Crippen molar-refractivity contribution in [3.63, 3.8) is 0 Å². The van der Waals surface area contributed by atoms with Crippen LogP contribution in [0.5, 0.6) is 0 Å². The number of carbonyl (C=O) groups excluding carboxylic acids is 1. The van der Waals surface area contributed by atoms with Crippen LogP contribution < -0.4 is 0 Å². The molecule has 1 fully saturated rings. The predicted molar refractivity (Wildman–Crippen MR) is 206 cm³/mol. The molecule has 0 aromatic rings. The molecule has 304 valence electrons. The van der Waals surface area contributed by atoms with E-state index in [2.05, 4.69) is 13.8 Å². The van der Waals surface area contributed by atoms with E-state index in [1.165, 1.54) is 148 Å². The van der Waals surface area contributed by atoms with Gasteiger partial charge in [0, 0.05) is 13.0 Å². The predicted octanol–water partition coefficient (Wildman–Crippen LogP) is 9.08. The van der Waals surface area contributed by atoms with Crippen molar-refractivity contribution in [1.82, 2.24) is 0 Å². The molecule has 0 spiro atoms. The Morgan fingerprint density at radius 3 is 1.39 bits per heavy atom. The van der Waals surface area contributed by atoms with Crippen LogP contribution in [-0.4, -0.2) is 89.6 Å². The van der Waals surface area contributed by atoms with Crippen LogP contribution in [0.2, 0.25) is 0 Å². The fourth-order valence-corrected chi connectivity index (χ4v) is 6.85. The summed E-state index contributed by atoms with van der Waals surface area (Å²) in [6, 6.07) is 0. The van der Waals surface area contributed by atoms with Gasteiger partial charge in [0.2, 0.25) is 0 Å². The van der Waals surface area contributed by atoms with Gasteiger partial charge in [-0.15, -0.1) is 0 Å². The molecule has 51 heavy (non-hydrogen) atoms. The summed E-state index contributed by atoms with van der Waals surface area (Å²) in [4.78, 5) is 12.7. The molecule has 1 rings (SSSR count). The molecular formula is C42H82O9. The molecule has 1 aliphatic heterocycles. The zero-order valence-electron chi connectivity index (χ0n) is 33.1. The molecule has 1 saturated heterocycles. The molecule has 0 aromatic heterocycles. The zero-order valence-corrected chi connectivity index (χ0v) is 33.1. The van der Waals surface area contributed by atoms with Crippen molar-refractivity contribution in [2.24, 2.45) is 0 Å². The molecule has 0 radical (unpaired) electrons. The highest BCUT2D eigenvalue weighted by Crippen LogP contribution is 2.23. The van der Waals surface area contributed by atoms with Gasteiger partial charge in [0.05, 0.1) is 19.8 Å². The molecule has 0 bridgehead atoms. The molecular weight excluding hydrogens is 648 g/mol. The molecule has 0 aromatic carbocycles. The van der Waals surface area contributed by atoms with E-state index in [-0.39, 0.29) is 19.2 Å². The first kappa shape index (κ1) is 48.2. The van der Waals surface area contributed by atoms with E-state index in [4.69, 9.17) is 18.9 Å². The number of hydrogen-bond donors (Lipinski definition) is 4.